The zero-order chi connectivity index (χ0) is 17.0. The summed E-state index contributed by atoms with van der Waals surface area (Å²) in [6, 6.07) is 7.30. The van der Waals surface area contributed by atoms with Gasteiger partial charge in [0, 0.05) is 23.9 Å². The van der Waals surface area contributed by atoms with Gasteiger partial charge in [-0.1, -0.05) is 28.1 Å². The van der Waals surface area contributed by atoms with Gasteiger partial charge in [-0.2, -0.15) is 13.2 Å². The van der Waals surface area contributed by atoms with E-state index in [1.807, 2.05) is 24.3 Å². The van der Waals surface area contributed by atoms with E-state index in [4.69, 9.17) is 0 Å². The average molecular weight is 390 g/mol. The molecule has 0 aliphatic heterocycles. The van der Waals surface area contributed by atoms with Crippen molar-refractivity contribution in [2.45, 2.75) is 25.7 Å². The van der Waals surface area contributed by atoms with Crippen molar-refractivity contribution >= 4 is 21.8 Å². The Morgan fingerprint density at radius 1 is 1.30 bits per heavy atom. The zero-order valence-corrected chi connectivity index (χ0v) is 13.9. The molecule has 23 heavy (non-hydrogen) atoms. The van der Waals surface area contributed by atoms with Gasteiger partial charge in [-0.25, -0.2) is 4.98 Å². The minimum Gasteiger partial charge on any atom is -0.338 e. The monoisotopic (exact) mass is 389 g/mol. The van der Waals surface area contributed by atoms with Crippen LogP contribution in [0.1, 0.15) is 11.4 Å². The Bertz CT molecular complexity index is 667. The molecule has 0 fully saturated rings. The van der Waals surface area contributed by atoms with E-state index in [0.717, 1.165) is 14.6 Å². The topological polar surface area (TPSA) is 38.1 Å². The highest BCUT2D eigenvalue weighted by atomic mass is 79.9. The molecule has 2 rings (SSSR count). The number of imidazole rings is 1. The number of carbonyl (C=O) groups excluding carboxylic acids is 1. The van der Waals surface area contributed by atoms with E-state index in [2.05, 4.69) is 20.9 Å². The van der Waals surface area contributed by atoms with Crippen molar-refractivity contribution in [3.63, 3.8) is 0 Å². The highest BCUT2D eigenvalue weighted by Crippen LogP contribution is 2.19. The summed E-state index contributed by atoms with van der Waals surface area (Å²) in [5.74, 6) is 0.0165. The van der Waals surface area contributed by atoms with E-state index in [9.17, 15) is 18.0 Å². The molecule has 1 heterocycles. The number of hydrogen-bond acceptors (Lipinski definition) is 2. The lowest BCUT2D eigenvalue weighted by molar-refractivity contribution is -0.141. The highest BCUT2D eigenvalue weighted by Gasteiger charge is 2.29. The number of amides is 1. The molecule has 0 saturated heterocycles. The first kappa shape index (κ1) is 17.5. The molecule has 124 valence electrons. The first-order valence-electron chi connectivity index (χ1n) is 6.80. The maximum absolute atomic E-state index is 12.5. The van der Waals surface area contributed by atoms with Crippen molar-refractivity contribution in [3.05, 3.63) is 52.5 Å². The van der Waals surface area contributed by atoms with Gasteiger partial charge >= 0.3 is 6.18 Å². The number of rotatable bonds is 5. The molecule has 0 aliphatic carbocycles. The molecule has 0 aliphatic rings. The summed E-state index contributed by atoms with van der Waals surface area (Å²) in [6.45, 7) is -1.09. The fourth-order valence-electron chi connectivity index (χ4n) is 2.04. The number of benzene rings is 1. The second kappa shape index (κ2) is 7.16. The molecule has 0 N–H and O–H groups in total. The van der Waals surface area contributed by atoms with Crippen LogP contribution < -0.4 is 0 Å². The van der Waals surface area contributed by atoms with Gasteiger partial charge < -0.3 is 9.47 Å². The molecule has 1 amide bonds. The summed E-state index contributed by atoms with van der Waals surface area (Å²) in [5.41, 5.74) is 0.837. The van der Waals surface area contributed by atoms with Crippen molar-refractivity contribution in [3.8, 4) is 0 Å². The Morgan fingerprint density at radius 2 is 1.96 bits per heavy atom. The molecule has 1 aromatic carbocycles. The fourth-order valence-corrected chi connectivity index (χ4v) is 2.31. The minimum absolute atomic E-state index is 0.0262. The number of hydrogen-bond donors (Lipinski definition) is 0. The van der Waals surface area contributed by atoms with Crippen LogP contribution in [0.25, 0.3) is 0 Å². The van der Waals surface area contributed by atoms with Gasteiger partial charge in [0.2, 0.25) is 5.91 Å². The number of alkyl halides is 3. The van der Waals surface area contributed by atoms with Crippen LogP contribution in [0.4, 0.5) is 13.2 Å². The number of halogens is 4. The number of nitrogens with zero attached hydrogens (tertiary/aromatic N) is 3. The van der Waals surface area contributed by atoms with Gasteiger partial charge in [0.25, 0.3) is 0 Å². The summed E-state index contributed by atoms with van der Waals surface area (Å²) >= 11 is 3.31. The number of carbonyl (C=O) groups is 1. The van der Waals surface area contributed by atoms with E-state index < -0.39 is 12.7 Å². The Kier molecular flexibility index (Phi) is 5.46. The highest BCUT2D eigenvalue weighted by molar-refractivity contribution is 9.10. The maximum atomic E-state index is 12.5. The lowest BCUT2D eigenvalue weighted by Gasteiger charge is -2.18. The van der Waals surface area contributed by atoms with Crippen molar-refractivity contribution in [1.29, 1.82) is 0 Å². The molecule has 2 aromatic rings. The average Bonchev–Trinajstić information content (AvgIpc) is 2.86. The summed E-state index contributed by atoms with van der Waals surface area (Å²) < 4.78 is 39.4. The summed E-state index contributed by atoms with van der Waals surface area (Å²) in [5, 5.41) is 0. The van der Waals surface area contributed by atoms with E-state index in [0.29, 0.717) is 0 Å². The molecular formula is C15H15BrF3N3O. The van der Waals surface area contributed by atoms with Crippen LogP contribution >= 0.6 is 15.9 Å². The molecule has 0 spiro atoms. The van der Waals surface area contributed by atoms with Gasteiger partial charge in [0.1, 0.15) is 12.4 Å². The van der Waals surface area contributed by atoms with Crippen molar-refractivity contribution in [1.82, 2.24) is 14.5 Å². The molecule has 1 aromatic heterocycles. The van der Waals surface area contributed by atoms with Gasteiger partial charge in [0.15, 0.2) is 0 Å². The summed E-state index contributed by atoms with van der Waals surface area (Å²) in [6.07, 6.45) is -1.58. The molecule has 8 heteroatoms. The van der Waals surface area contributed by atoms with Crippen LogP contribution in [0.3, 0.4) is 0 Å². The predicted molar refractivity (Wildman–Crippen MR) is 82.6 cm³/mol. The van der Waals surface area contributed by atoms with E-state index >= 15 is 0 Å². The Balaban J connectivity index is 1.99. The van der Waals surface area contributed by atoms with Gasteiger partial charge in [0.05, 0.1) is 13.0 Å². The smallest absolute Gasteiger partial charge is 0.338 e. The molecule has 0 unspecified atom stereocenters. The Morgan fingerprint density at radius 3 is 2.57 bits per heavy atom. The Hall–Kier alpha value is -1.83. The van der Waals surface area contributed by atoms with Crippen LogP contribution in [-0.4, -0.2) is 33.6 Å². The molecule has 0 saturated carbocycles. The van der Waals surface area contributed by atoms with Gasteiger partial charge in [-0.3, -0.25) is 4.79 Å². The molecule has 0 atom stereocenters. The van der Waals surface area contributed by atoms with Crippen LogP contribution in [0, 0.1) is 0 Å². The lowest BCUT2D eigenvalue weighted by atomic mass is 10.1. The second-order valence-electron chi connectivity index (χ2n) is 5.14. The second-order valence-corrected chi connectivity index (χ2v) is 6.06. The van der Waals surface area contributed by atoms with Crippen molar-refractivity contribution in [2.75, 3.05) is 7.05 Å². The lowest BCUT2D eigenvalue weighted by Crippen LogP contribution is -2.30. The number of likely N-dealkylation sites (N-methyl/N-ethyl adjacent to an activating group) is 1. The third kappa shape index (κ3) is 5.38. The first-order chi connectivity index (χ1) is 10.7. The van der Waals surface area contributed by atoms with Crippen LogP contribution in [0.15, 0.2) is 41.1 Å². The fraction of sp³-hybridized carbons (Fsp3) is 0.333. The van der Waals surface area contributed by atoms with Crippen LogP contribution in [0.2, 0.25) is 0 Å². The van der Waals surface area contributed by atoms with Gasteiger partial charge in [-0.15, -0.1) is 0 Å². The van der Waals surface area contributed by atoms with E-state index in [-0.39, 0.29) is 24.7 Å². The minimum atomic E-state index is -4.32. The van der Waals surface area contributed by atoms with Gasteiger partial charge in [-0.05, 0) is 17.7 Å². The van der Waals surface area contributed by atoms with Crippen molar-refractivity contribution in [2.24, 2.45) is 0 Å². The summed E-state index contributed by atoms with van der Waals surface area (Å²) in [7, 11) is 1.55. The number of aromatic nitrogens is 2. The third-order valence-electron chi connectivity index (χ3n) is 3.22. The van der Waals surface area contributed by atoms with E-state index in [1.54, 1.807) is 7.05 Å². The maximum Gasteiger partial charge on any atom is 0.406 e. The molecule has 4 nitrogen and oxygen atoms in total. The molecule has 0 radical (unpaired) electrons. The standard InChI is InChI=1S/C15H15BrF3N3O/c1-21(14(23)8-11-2-4-12(16)5-3-11)9-13-20-6-7-22(13)10-15(17,18)19/h2-7H,8-10H2,1H3. The first-order valence-corrected chi connectivity index (χ1v) is 7.59. The zero-order valence-electron chi connectivity index (χ0n) is 12.3. The predicted octanol–water partition coefficient (Wildman–Crippen LogP) is 3.41. The van der Waals surface area contributed by atoms with Crippen LogP contribution in [0.5, 0.6) is 0 Å². The van der Waals surface area contributed by atoms with Crippen molar-refractivity contribution < 1.29 is 18.0 Å². The SMILES string of the molecule is CN(Cc1nccn1CC(F)(F)F)C(=O)Cc1ccc(Br)cc1. The third-order valence-corrected chi connectivity index (χ3v) is 3.75. The van der Waals surface area contributed by atoms with E-state index in [1.165, 1.54) is 17.3 Å². The quantitative estimate of drug-likeness (QED) is 0.785. The molecule has 0 bridgehead atoms. The molecular weight excluding hydrogens is 375 g/mol. The largest absolute Gasteiger partial charge is 0.406 e. The van der Waals surface area contributed by atoms with Crippen LogP contribution in [-0.2, 0) is 24.3 Å². The normalized spacial score (nSPS) is 11.5. The summed E-state index contributed by atoms with van der Waals surface area (Å²) in [4.78, 5) is 17.5. The Labute approximate surface area is 140 Å².